The second-order valence-corrected chi connectivity index (χ2v) is 7.15. The minimum absolute atomic E-state index is 0.0498. The van der Waals surface area contributed by atoms with Crippen LogP contribution >= 0.6 is 11.3 Å². The van der Waals surface area contributed by atoms with Crippen LogP contribution in [0, 0.1) is 0 Å². The van der Waals surface area contributed by atoms with Gasteiger partial charge in [0.1, 0.15) is 5.00 Å². The van der Waals surface area contributed by atoms with Crippen molar-refractivity contribution in [1.82, 2.24) is 5.32 Å². The largest absolute Gasteiger partial charge is 0.478 e. The average molecular weight is 420 g/mol. The van der Waals surface area contributed by atoms with Crippen molar-refractivity contribution in [1.29, 1.82) is 0 Å². The Bertz CT molecular complexity index is 976. The molecule has 0 spiro atoms. The average Bonchev–Trinajstić information content (AvgIpc) is 3.31. The topological polar surface area (TPSA) is 155 Å². The van der Waals surface area contributed by atoms with E-state index < -0.39 is 23.9 Å². The maximum atomic E-state index is 11.9. The van der Waals surface area contributed by atoms with Crippen molar-refractivity contribution in [2.45, 2.75) is 19.1 Å². The molecule has 1 aliphatic heterocycles. The fourth-order valence-electron chi connectivity index (χ4n) is 2.74. The van der Waals surface area contributed by atoms with Gasteiger partial charge in [-0.15, -0.1) is 11.3 Å². The monoisotopic (exact) mass is 420 g/mol. The number of aromatic carboxylic acids is 1. The summed E-state index contributed by atoms with van der Waals surface area (Å²) in [5.74, 6) is -4.66. The third kappa shape index (κ3) is 4.89. The Balaban J connectivity index is 1.65. The van der Waals surface area contributed by atoms with E-state index in [0.29, 0.717) is 10.4 Å². The number of amides is 2. The molecule has 1 atom stereocenters. The van der Waals surface area contributed by atoms with E-state index in [1.165, 1.54) is 18.6 Å². The number of aliphatic carboxylic acids is 1. The first-order valence-electron chi connectivity index (χ1n) is 8.37. The Kier molecular flexibility index (Phi) is 6.10. The number of carboxylic acid groups (broad SMARTS) is 2. The van der Waals surface area contributed by atoms with Crippen LogP contribution in [0.3, 0.4) is 0 Å². The van der Waals surface area contributed by atoms with Crippen molar-refractivity contribution in [3.8, 4) is 0 Å². The van der Waals surface area contributed by atoms with E-state index in [-0.39, 0.29) is 36.0 Å². The van der Waals surface area contributed by atoms with Gasteiger partial charge in [-0.1, -0.05) is 0 Å². The number of thiophene rings is 1. The number of carbonyl (C=O) groups excluding carboxylic acids is 2. The maximum Gasteiger partial charge on any atom is 0.394 e. The lowest BCUT2D eigenvalue weighted by atomic mass is 10.0. The van der Waals surface area contributed by atoms with Gasteiger partial charge in [-0.2, -0.15) is 0 Å². The van der Waals surface area contributed by atoms with E-state index in [2.05, 4.69) is 10.6 Å². The molecule has 3 heterocycles. The van der Waals surface area contributed by atoms with E-state index in [0.717, 1.165) is 16.9 Å². The van der Waals surface area contributed by atoms with Crippen molar-refractivity contribution in [3.63, 3.8) is 0 Å². The summed E-state index contributed by atoms with van der Waals surface area (Å²) in [4.78, 5) is 46.3. The van der Waals surface area contributed by atoms with Crippen LogP contribution in [-0.2, 0) is 32.1 Å². The number of fused-ring (bicyclic) bond motifs is 1. The summed E-state index contributed by atoms with van der Waals surface area (Å²) in [5.41, 5.74) is 1.04. The molecular weight excluding hydrogens is 404 g/mol. The molecule has 0 radical (unpaired) electrons. The maximum absolute atomic E-state index is 11.9. The Hall–Kier alpha value is -3.44. The minimum Gasteiger partial charge on any atom is -0.478 e. The van der Waals surface area contributed by atoms with Crippen LogP contribution in [0.25, 0.3) is 6.08 Å². The van der Waals surface area contributed by atoms with Crippen LogP contribution in [0.1, 0.15) is 26.4 Å². The number of hydrogen-bond acceptors (Lipinski definition) is 7. The summed E-state index contributed by atoms with van der Waals surface area (Å²) in [7, 11) is 0. The van der Waals surface area contributed by atoms with Crippen molar-refractivity contribution >= 4 is 46.2 Å². The first kappa shape index (κ1) is 20.3. The molecule has 2 amide bonds. The predicted octanol–water partition coefficient (Wildman–Crippen LogP) is 1.33. The standard InChI is InChI=1S/C18H16N2O8S/c21-13(2-1-9-3-4-27-7-9)19-6-10-5-11-12(8-28-10)29-16(14(11)17(23)24)20-15(22)18(25)26/h1-4,7,10H,5-6,8H2,(H,19,21)(H,20,22)(H,23,24)(H,25,26). The highest BCUT2D eigenvalue weighted by atomic mass is 32.1. The van der Waals surface area contributed by atoms with Crippen molar-refractivity contribution in [2.24, 2.45) is 0 Å². The summed E-state index contributed by atoms with van der Waals surface area (Å²) in [5, 5.41) is 22.9. The molecule has 152 valence electrons. The van der Waals surface area contributed by atoms with Gasteiger partial charge >= 0.3 is 17.8 Å². The zero-order valence-electron chi connectivity index (χ0n) is 14.8. The van der Waals surface area contributed by atoms with Gasteiger partial charge in [0, 0.05) is 29.5 Å². The molecule has 1 unspecified atom stereocenters. The molecular formula is C18H16N2O8S. The van der Waals surface area contributed by atoms with Gasteiger partial charge < -0.3 is 30.0 Å². The number of rotatable bonds is 6. The first-order valence-corrected chi connectivity index (χ1v) is 9.18. The number of ether oxygens (including phenoxy) is 1. The van der Waals surface area contributed by atoms with E-state index in [1.807, 2.05) is 0 Å². The predicted molar refractivity (Wildman–Crippen MR) is 101 cm³/mol. The van der Waals surface area contributed by atoms with Crippen LogP contribution in [0.4, 0.5) is 5.00 Å². The zero-order valence-corrected chi connectivity index (χ0v) is 15.7. The van der Waals surface area contributed by atoms with E-state index in [9.17, 15) is 24.3 Å². The minimum atomic E-state index is -1.71. The number of carbonyl (C=O) groups is 4. The lowest BCUT2D eigenvalue weighted by molar-refractivity contribution is -0.147. The Labute approximate surface area is 167 Å². The van der Waals surface area contributed by atoms with Crippen LogP contribution in [0.15, 0.2) is 29.1 Å². The molecule has 2 aromatic heterocycles. The molecule has 1 aliphatic rings. The van der Waals surface area contributed by atoms with E-state index in [4.69, 9.17) is 14.3 Å². The van der Waals surface area contributed by atoms with Crippen LogP contribution in [0.5, 0.6) is 0 Å². The molecule has 2 aromatic rings. The number of hydrogen-bond donors (Lipinski definition) is 4. The lowest BCUT2D eigenvalue weighted by Gasteiger charge is -2.23. The molecule has 3 rings (SSSR count). The molecule has 0 aliphatic carbocycles. The quantitative estimate of drug-likeness (QED) is 0.403. The summed E-state index contributed by atoms with van der Waals surface area (Å²) in [6.45, 7) is 0.244. The van der Waals surface area contributed by atoms with Gasteiger partial charge in [0.2, 0.25) is 5.91 Å². The molecule has 11 heteroatoms. The summed E-state index contributed by atoms with van der Waals surface area (Å²) >= 11 is 0.961. The van der Waals surface area contributed by atoms with Gasteiger partial charge in [-0.3, -0.25) is 9.59 Å². The zero-order chi connectivity index (χ0) is 21.0. The first-order chi connectivity index (χ1) is 13.8. The van der Waals surface area contributed by atoms with Gasteiger partial charge in [-0.05, 0) is 17.7 Å². The van der Waals surface area contributed by atoms with Crippen molar-refractivity contribution in [3.05, 3.63) is 46.2 Å². The van der Waals surface area contributed by atoms with Crippen molar-refractivity contribution < 1.29 is 38.5 Å². The molecule has 29 heavy (non-hydrogen) atoms. The SMILES string of the molecule is O=C(C=Cc1ccoc1)NCC1Cc2c(sc(NC(=O)C(=O)O)c2C(=O)O)CO1. The highest BCUT2D eigenvalue weighted by Gasteiger charge is 2.31. The van der Waals surface area contributed by atoms with Gasteiger partial charge in [-0.25, -0.2) is 9.59 Å². The van der Waals surface area contributed by atoms with Crippen LogP contribution in [0.2, 0.25) is 0 Å². The van der Waals surface area contributed by atoms with Gasteiger partial charge in [0.25, 0.3) is 0 Å². The Morgan fingerprint density at radius 2 is 2.07 bits per heavy atom. The fourth-order valence-corrected chi connectivity index (χ4v) is 3.88. The molecule has 0 bridgehead atoms. The molecule has 0 saturated heterocycles. The highest BCUT2D eigenvalue weighted by Crippen LogP contribution is 2.37. The third-order valence-electron chi connectivity index (χ3n) is 4.08. The molecule has 0 fully saturated rings. The van der Waals surface area contributed by atoms with Crippen LogP contribution < -0.4 is 10.6 Å². The normalized spacial score (nSPS) is 15.7. The van der Waals surface area contributed by atoms with Gasteiger partial charge in [0.05, 0.1) is 30.8 Å². The Morgan fingerprint density at radius 1 is 1.28 bits per heavy atom. The highest BCUT2D eigenvalue weighted by molar-refractivity contribution is 7.17. The smallest absolute Gasteiger partial charge is 0.394 e. The van der Waals surface area contributed by atoms with Crippen molar-refractivity contribution in [2.75, 3.05) is 11.9 Å². The van der Waals surface area contributed by atoms with E-state index in [1.54, 1.807) is 12.1 Å². The number of carboxylic acids is 2. The fraction of sp³-hybridized carbons (Fsp3) is 0.222. The third-order valence-corrected chi connectivity index (χ3v) is 5.20. The molecule has 4 N–H and O–H groups in total. The lowest BCUT2D eigenvalue weighted by Crippen LogP contribution is -2.36. The van der Waals surface area contributed by atoms with E-state index >= 15 is 0 Å². The Morgan fingerprint density at radius 3 is 2.72 bits per heavy atom. The summed E-state index contributed by atoms with van der Waals surface area (Å²) < 4.78 is 10.5. The molecule has 0 aromatic carbocycles. The molecule has 10 nitrogen and oxygen atoms in total. The summed E-state index contributed by atoms with van der Waals surface area (Å²) in [6, 6.07) is 1.69. The molecule has 0 saturated carbocycles. The summed E-state index contributed by atoms with van der Waals surface area (Å²) in [6.07, 6.45) is 5.62. The van der Waals surface area contributed by atoms with Crippen LogP contribution in [-0.4, -0.2) is 46.6 Å². The second-order valence-electron chi connectivity index (χ2n) is 6.04. The second kappa shape index (κ2) is 8.71. The number of nitrogens with one attached hydrogen (secondary N) is 2. The van der Waals surface area contributed by atoms with Gasteiger partial charge in [0.15, 0.2) is 0 Å². The number of furan rings is 1. The number of anilines is 1.